The first-order valence-electron chi connectivity index (χ1n) is 11.1. The van der Waals surface area contributed by atoms with Gasteiger partial charge in [-0.3, -0.25) is 0 Å². The third-order valence-corrected chi connectivity index (χ3v) is 5.20. The maximum absolute atomic E-state index is 9.25. The fourth-order valence-electron chi connectivity index (χ4n) is 3.57. The van der Waals surface area contributed by atoms with Crippen LogP contribution in [0.4, 0.5) is 0 Å². The zero-order valence-electron chi connectivity index (χ0n) is 18.2. The number of aliphatic hydroxyl groups is 1. The highest BCUT2D eigenvalue weighted by molar-refractivity contribution is 5.79. The fraction of sp³-hybridized carbons (Fsp3) is 0.696. The second kappa shape index (κ2) is 14.4. The Bertz CT molecular complexity index is 582. The molecule has 3 N–H and O–H groups in total. The second-order valence-corrected chi connectivity index (χ2v) is 7.69. The van der Waals surface area contributed by atoms with Gasteiger partial charge in [0.2, 0.25) is 0 Å². The van der Waals surface area contributed by atoms with E-state index in [0.717, 1.165) is 64.4 Å². The summed E-state index contributed by atoms with van der Waals surface area (Å²) in [6, 6.07) is 8.47. The van der Waals surface area contributed by atoms with Gasteiger partial charge in [0.25, 0.3) is 0 Å². The van der Waals surface area contributed by atoms with Crippen LogP contribution in [-0.2, 0) is 22.6 Å². The molecule has 0 bridgehead atoms. The minimum absolute atomic E-state index is 0.239. The normalized spacial score (nSPS) is 16.6. The van der Waals surface area contributed by atoms with Crippen LogP contribution in [0.2, 0.25) is 0 Å². The molecule has 2 rings (SSSR count). The molecule has 164 valence electrons. The molecule has 0 aromatic heterocycles. The average molecular weight is 406 g/mol. The zero-order valence-corrected chi connectivity index (χ0v) is 18.2. The molecule has 1 fully saturated rings. The van der Waals surface area contributed by atoms with Crippen molar-refractivity contribution in [1.29, 1.82) is 0 Å². The van der Waals surface area contributed by atoms with Gasteiger partial charge >= 0.3 is 0 Å². The van der Waals surface area contributed by atoms with Crippen LogP contribution in [0.3, 0.4) is 0 Å². The topological polar surface area (TPSA) is 75.1 Å². The van der Waals surface area contributed by atoms with Crippen LogP contribution in [0.25, 0.3) is 0 Å². The number of hydrogen-bond donors (Lipinski definition) is 3. The maximum atomic E-state index is 9.25. The third kappa shape index (κ3) is 9.61. The Balaban J connectivity index is 1.86. The predicted octanol–water partition coefficient (Wildman–Crippen LogP) is 3.24. The van der Waals surface area contributed by atoms with Gasteiger partial charge in [0, 0.05) is 32.9 Å². The quantitative estimate of drug-likeness (QED) is 0.368. The summed E-state index contributed by atoms with van der Waals surface area (Å²) in [5, 5.41) is 16.0. The first kappa shape index (κ1) is 23.6. The van der Waals surface area contributed by atoms with Crippen LogP contribution in [-0.4, -0.2) is 50.1 Å². The minimum Gasteiger partial charge on any atom is -0.396 e. The van der Waals surface area contributed by atoms with Gasteiger partial charge < -0.3 is 25.2 Å². The van der Waals surface area contributed by atoms with Crippen molar-refractivity contribution >= 4 is 5.96 Å². The molecular formula is C23H39N3O3. The smallest absolute Gasteiger partial charge is 0.191 e. The summed E-state index contributed by atoms with van der Waals surface area (Å²) in [6.07, 6.45) is 5.35. The number of rotatable bonds is 12. The first-order valence-corrected chi connectivity index (χ1v) is 11.1. The van der Waals surface area contributed by atoms with Crippen molar-refractivity contribution in [1.82, 2.24) is 10.6 Å². The van der Waals surface area contributed by atoms with E-state index in [9.17, 15) is 5.11 Å². The lowest BCUT2D eigenvalue weighted by atomic mass is 10.0. The number of hydrogen-bond acceptors (Lipinski definition) is 4. The largest absolute Gasteiger partial charge is 0.396 e. The number of aliphatic hydroxyl groups excluding tert-OH is 1. The third-order valence-electron chi connectivity index (χ3n) is 5.20. The number of guanidine groups is 1. The molecule has 1 heterocycles. The van der Waals surface area contributed by atoms with Gasteiger partial charge in [0.05, 0.1) is 19.3 Å². The Labute approximate surface area is 176 Å². The molecule has 0 saturated carbocycles. The number of nitrogens with one attached hydrogen (secondary N) is 2. The molecule has 0 aliphatic carbocycles. The van der Waals surface area contributed by atoms with Crippen LogP contribution in [0.1, 0.15) is 57.1 Å². The highest BCUT2D eigenvalue weighted by Gasteiger charge is 2.14. The Kier molecular flexibility index (Phi) is 11.7. The number of aliphatic imine (C=N–C) groups is 1. The van der Waals surface area contributed by atoms with Crippen molar-refractivity contribution in [2.75, 3.05) is 32.9 Å². The molecular weight excluding hydrogens is 366 g/mol. The van der Waals surface area contributed by atoms with E-state index in [2.05, 4.69) is 48.7 Å². The molecule has 1 atom stereocenters. The van der Waals surface area contributed by atoms with Crippen LogP contribution >= 0.6 is 0 Å². The standard InChI is InChI=1S/C23H39N3O3/c1-3-6-19(9-12-27)16-25-23(24-4-2)26-17-20-7-5-8-21(15-20)18-29-22-10-13-28-14-11-22/h5,7-8,15,19,22,27H,3-4,6,9-14,16-18H2,1-2H3,(H2,24,25,26). The lowest BCUT2D eigenvalue weighted by molar-refractivity contribution is -0.0390. The summed E-state index contributed by atoms with van der Waals surface area (Å²) < 4.78 is 11.4. The zero-order chi connectivity index (χ0) is 20.7. The van der Waals surface area contributed by atoms with Crippen molar-refractivity contribution in [2.45, 2.75) is 65.2 Å². The van der Waals surface area contributed by atoms with E-state index >= 15 is 0 Å². The average Bonchev–Trinajstić information content (AvgIpc) is 2.75. The molecule has 0 radical (unpaired) electrons. The highest BCUT2D eigenvalue weighted by atomic mass is 16.5. The molecule has 0 spiro atoms. The Morgan fingerprint density at radius 3 is 2.72 bits per heavy atom. The van der Waals surface area contributed by atoms with Gasteiger partial charge in [-0.15, -0.1) is 0 Å². The monoisotopic (exact) mass is 405 g/mol. The minimum atomic E-state index is 0.239. The molecule has 6 nitrogen and oxygen atoms in total. The Morgan fingerprint density at radius 2 is 2.00 bits per heavy atom. The molecule has 1 aliphatic rings. The first-order chi connectivity index (χ1) is 14.2. The SMILES string of the molecule is CCCC(CCO)CNC(=NCc1cccc(COC2CCOCC2)c1)NCC. The van der Waals surface area contributed by atoms with Gasteiger partial charge in [-0.2, -0.15) is 0 Å². The van der Waals surface area contributed by atoms with Gasteiger partial charge in [-0.05, 0) is 49.7 Å². The lowest BCUT2D eigenvalue weighted by Crippen LogP contribution is -2.40. The van der Waals surface area contributed by atoms with Crippen molar-refractivity contribution in [3.05, 3.63) is 35.4 Å². The second-order valence-electron chi connectivity index (χ2n) is 7.69. The summed E-state index contributed by atoms with van der Waals surface area (Å²) in [7, 11) is 0. The fourth-order valence-corrected chi connectivity index (χ4v) is 3.57. The molecule has 0 amide bonds. The van der Waals surface area contributed by atoms with E-state index in [1.165, 1.54) is 11.1 Å². The number of benzene rings is 1. The summed E-state index contributed by atoms with van der Waals surface area (Å²) in [5.74, 6) is 1.30. The Morgan fingerprint density at radius 1 is 1.21 bits per heavy atom. The molecule has 6 heteroatoms. The van der Waals surface area contributed by atoms with Crippen molar-refractivity contribution < 1.29 is 14.6 Å². The molecule has 1 aliphatic heterocycles. The number of ether oxygens (including phenoxy) is 2. The van der Waals surface area contributed by atoms with E-state index in [1.807, 2.05) is 0 Å². The summed E-state index contributed by atoms with van der Waals surface area (Å²) in [5.41, 5.74) is 2.36. The highest BCUT2D eigenvalue weighted by Crippen LogP contribution is 2.15. The van der Waals surface area contributed by atoms with E-state index in [1.54, 1.807) is 0 Å². The van der Waals surface area contributed by atoms with E-state index < -0.39 is 0 Å². The van der Waals surface area contributed by atoms with Crippen LogP contribution < -0.4 is 10.6 Å². The molecule has 1 aromatic carbocycles. The van der Waals surface area contributed by atoms with Gasteiger partial charge in [0.15, 0.2) is 5.96 Å². The van der Waals surface area contributed by atoms with Gasteiger partial charge in [0.1, 0.15) is 0 Å². The van der Waals surface area contributed by atoms with Crippen LogP contribution in [0.15, 0.2) is 29.3 Å². The Hall–Kier alpha value is -1.63. The maximum Gasteiger partial charge on any atom is 0.191 e. The lowest BCUT2D eigenvalue weighted by Gasteiger charge is -2.22. The van der Waals surface area contributed by atoms with Gasteiger partial charge in [-0.1, -0.05) is 37.6 Å². The van der Waals surface area contributed by atoms with Crippen molar-refractivity contribution in [3.63, 3.8) is 0 Å². The molecule has 1 aromatic rings. The van der Waals surface area contributed by atoms with Crippen LogP contribution in [0.5, 0.6) is 0 Å². The molecule has 29 heavy (non-hydrogen) atoms. The number of nitrogens with zero attached hydrogens (tertiary/aromatic N) is 1. The van der Waals surface area contributed by atoms with Gasteiger partial charge in [-0.25, -0.2) is 4.99 Å². The van der Waals surface area contributed by atoms with Crippen LogP contribution in [0, 0.1) is 5.92 Å². The van der Waals surface area contributed by atoms with E-state index in [-0.39, 0.29) is 6.61 Å². The summed E-state index contributed by atoms with van der Waals surface area (Å²) in [4.78, 5) is 4.74. The van der Waals surface area contributed by atoms with E-state index in [4.69, 9.17) is 14.5 Å². The molecule has 1 saturated heterocycles. The van der Waals surface area contributed by atoms with Crippen molar-refractivity contribution in [3.8, 4) is 0 Å². The predicted molar refractivity (Wildman–Crippen MR) is 118 cm³/mol. The summed E-state index contributed by atoms with van der Waals surface area (Å²) in [6.45, 7) is 9.02. The van der Waals surface area contributed by atoms with Crippen molar-refractivity contribution in [2.24, 2.45) is 10.9 Å². The summed E-state index contributed by atoms with van der Waals surface area (Å²) >= 11 is 0. The molecule has 1 unspecified atom stereocenters. The van der Waals surface area contributed by atoms with E-state index in [0.29, 0.717) is 25.2 Å².